The van der Waals surface area contributed by atoms with Crippen molar-refractivity contribution < 1.29 is 13.9 Å². The summed E-state index contributed by atoms with van der Waals surface area (Å²) in [5, 5.41) is 0. The third kappa shape index (κ3) is 2.09. The van der Waals surface area contributed by atoms with Crippen LogP contribution in [0.2, 0.25) is 0 Å². The molecule has 1 saturated heterocycles. The standard InChI is InChI=1S/C19H18FNO2/c1-21-16-10-6-5-9-15(16)19(18(21)22)12-14(20)11-17(23-19)13-7-3-2-4-8-13/h2-10,14,17H,11-12H2,1H3/t14-,17-,19-/m0/s1. The largest absolute Gasteiger partial charge is 0.352 e. The topological polar surface area (TPSA) is 29.5 Å². The summed E-state index contributed by atoms with van der Waals surface area (Å²) in [6.07, 6.45) is -1.12. The molecule has 0 bridgehead atoms. The van der Waals surface area contributed by atoms with Gasteiger partial charge in [-0.2, -0.15) is 0 Å². The first kappa shape index (κ1) is 14.4. The van der Waals surface area contributed by atoms with Gasteiger partial charge < -0.3 is 9.64 Å². The van der Waals surface area contributed by atoms with E-state index in [0.29, 0.717) is 0 Å². The van der Waals surface area contributed by atoms with Gasteiger partial charge in [-0.3, -0.25) is 4.79 Å². The molecule has 0 N–H and O–H groups in total. The molecule has 2 aliphatic rings. The molecule has 1 spiro atoms. The fourth-order valence-corrected chi connectivity index (χ4v) is 3.75. The third-order valence-electron chi connectivity index (χ3n) is 4.84. The predicted octanol–water partition coefficient (Wildman–Crippen LogP) is 3.75. The maximum absolute atomic E-state index is 14.6. The van der Waals surface area contributed by atoms with Gasteiger partial charge in [-0.15, -0.1) is 0 Å². The van der Waals surface area contributed by atoms with Crippen LogP contribution in [0, 0.1) is 0 Å². The average molecular weight is 311 g/mol. The van der Waals surface area contributed by atoms with Gasteiger partial charge in [-0.1, -0.05) is 48.5 Å². The van der Waals surface area contributed by atoms with Gasteiger partial charge in [0.25, 0.3) is 5.91 Å². The summed E-state index contributed by atoms with van der Waals surface area (Å²) >= 11 is 0. The van der Waals surface area contributed by atoms with Crippen LogP contribution in [0.4, 0.5) is 10.1 Å². The quantitative estimate of drug-likeness (QED) is 0.803. The highest BCUT2D eigenvalue weighted by molar-refractivity contribution is 6.06. The third-order valence-corrected chi connectivity index (χ3v) is 4.84. The fraction of sp³-hybridized carbons (Fsp3) is 0.316. The van der Waals surface area contributed by atoms with Crippen LogP contribution in [0.5, 0.6) is 0 Å². The smallest absolute Gasteiger partial charge is 0.263 e. The van der Waals surface area contributed by atoms with E-state index < -0.39 is 17.9 Å². The van der Waals surface area contributed by atoms with Crippen molar-refractivity contribution in [2.45, 2.75) is 30.7 Å². The van der Waals surface area contributed by atoms with Crippen molar-refractivity contribution in [3.63, 3.8) is 0 Å². The second-order valence-corrected chi connectivity index (χ2v) is 6.26. The van der Waals surface area contributed by atoms with Gasteiger partial charge in [0.1, 0.15) is 6.17 Å². The summed E-state index contributed by atoms with van der Waals surface area (Å²) in [7, 11) is 1.72. The first-order chi connectivity index (χ1) is 11.1. The minimum atomic E-state index is -1.20. The number of alkyl halides is 1. The van der Waals surface area contributed by atoms with Crippen LogP contribution in [0.1, 0.15) is 30.1 Å². The number of fused-ring (bicyclic) bond motifs is 2. The van der Waals surface area contributed by atoms with Gasteiger partial charge in [0.2, 0.25) is 0 Å². The molecule has 23 heavy (non-hydrogen) atoms. The lowest BCUT2D eigenvalue weighted by atomic mass is 9.84. The zero-order valence-electron chi connectivity index (χ0n) is 12.9. The van der Waals surface area contributed by atoms with Crippen molar-refractivity contribution >= 4 is 11.6 Å². The van der Waals surface area contributed by atoms with Crippen LogP contribution in [0.3, 0.4) is 0 Å². The molecule has 0 unspecified atom stereocenters. The number of ether oxygens (including phenoxy) is 1. The number of hydrogen-bond acceptors (Lipinski definition) is 2. The van der Waals surface area contributed by atoms with Crippen LogP contribution in [-0.4, -0.2) is 19.1 Å². The summed E-state index contributed by atoms with van der Waals surface area (Å²) in [4.78, 5) is 14.5. The Bertz CT molecular complexity index is 748. The number of para-hydroxylation sites is 1. The van der Waals surface area contributed by atoms with E-state index in [9.17, 15) is 9.18 Å². The van der Waals surface area contributed by atoms with Crippen molar-refractivity contribution in [2.24, 2.45) is 0 Å². The van der Waals surface area contributed by atoms with E-state index in [1.165, 1.54) is 0 Å². The van der Waals surface area contributed by atoms with E-state index in [-0.39, 0.29) is 18.7 Å². The molecule has 1 fully saturated rings. The molecule has 0 radical (unpaired) electrons. The zero-order valence-corrected chi connectivity index (χ0v) is 12.9. The van der Waals surface area contributed by atoms with E-state index >= 15 is 0 Å². The molecule has 3 nitrogen and oxygen atoms in total. The average Bonchev–Trinajstić information content (AvgIpc) is 2.78. The molecular formula is C19H18FNO2. The van der Waals surface area contributed by atoms with E-state index in [0.717, 1.165) is 16.8 Å². The number of anilines is 1. The summed E-state index contributed by atoms with van der Waals surface area (Å²) < 4.78 is 20.8. The summed E-state index contributed by atoms with van der Waals surface area (Å²) in [6.45, 7) is 0. The number of carbonyl (C=O) groups is 1. The minimum Gasteiger partial charge on any atom is -0.352 e. The molecule has 1 amide bonds. The lowest BCUT2D eigenvalue weighted by Crippen LogP contribution is -2.47. The summed E-state index contributed by atoms with van der Waals surface area (Å²) in [5.41, 5.74) is 1.28. The Morgan fingerprint density at radius 2 is 1.83 bits per heavy atom. The highest BCUT2D eigenvalue weighted by atomic mass is 19.1. The van der Waals surface area contributed by atoms with E-state index in [4.69, 9.17) is 4.74 Å². The number of halogens is 1. The van der Waals surface area contributed by atoms with Crippen molar-refractivity contribution in [3.05, 3.63) is 65.7 Å². The number of rotatable bonds is 1. The van der Waals surface area contributed by atoms with E-state index in [1.54, 1.807) is 11.9 Å². The number of nitrogens with zero attached hydrogens (tertiary/aromatic N) is 1. The van der Waals surface area contributed by atoms with Crippen molar-refractivity contribution in [2.75, 3.05) is 11.9 Å². The van der Waals surface area contributed by atoms with Gasteiger partial charge in [-0.25, -0.2) is 4.39 Å². The Kier molecular flexibility index (Phi) is 3.23. The Hall–Kier alpha value is -2.20. The number of hydrogen-bond donors (Lipinski definition) is 0. The number of amides is 1. The molecule has 0 aliphatic carbocycles. The lowest BCUT2D eigenvalue weighted by molar-refractivity contribution is -0.174. The molecule has 4 heteroatoms. The van der Waals surface area contributed by atoms with Crippen molar-refractivity contribution in [1.29, 1.82) is 0 Å². The van der Waals surface area contributed by atoms with Gasteiger partial charge in [0, 0.05) is 25.5 Å². The molecule has 2 aliphatic heterocycles. The number of benzene rings is 2. The first-order valence-corrected chi connectivity index (χ1v) is 7.86. The normalized spacial score (nSPS) is 29.8. The van der Waals surface area contributed by atoms with Gasteiger partial charge >= 0.3 is 0 Å². The molecule has 4 rings (SSSR count). The molecule has 3 atom stereocenters. The van der Waals surface area contributed by atoms with Crippen LogP contribution in [-0.2, 0) is 15.1 Å². The highest BCUT2D eigenvalue weighted by Crippen LogP contribution is 2.51. The highest BCUT2D eigenvalue weighted by Gasteiger charge is 2.55. The van der Waals surface area contributed by atoms with Crippen LogP contribution in [0.15, 0.2) is 54.6 Å². The monoisotopic (exact) mass is 311 g/mol. The summed E-state index contributed by atoms with van der Waals surface area (Å²) in [5.74, 6) is -0.179. The van der Waals surface area contributed by atoms with E-state index in [1.807, 2.05) is 54.6 Å². The maximum atomic E-state index is 14.6. The Labute approximate surface area is 134 Å². The number of likely N-dealkylation sites (N-methyl/N-ethyl adjacent to an activating group) is 1. The van der Waals surface area contributed by atoms with Gasteiger partial charge in [0.05, 0.1) is 11.8 Å². The molecule has 0 saturated carbocycles. The maximum Gasteiger partial charge on any atom is 0.263 e. The zero-order chi connectivity index (χ0) is 16.0. The first-order valence-electron chi connectivity index (χ1n) is 7.86. The van der Waals surface area contributed by atoms with Gasteiger partial charge in [0.15, 0.2) is 5.60 Å². The van der Waals surface area contributed by atoms with Crippen molar-refractivity contribution in [3.8, 4) is 0 Å². The molecule has 0 aromatic heterocycles. The number of carbonyl (C=O) groups excluding carboxylic acids is 1. The fourth-order valence-electron chi connectivity index (χ4n) is 3.75. The van der Waals surface area contributed by atoms with Crippen molar-refractivity contribution in [1.82, 2.24) is 0 Å². The van der Waals surface area contributed by atoms with E-state index in [2.05, 4.69) is 0 Å². The van der Waals surface area contributed by atoms with Crippen LogP contribution >= 0.6 is 0 Å². The molecular weight excluding hydrogens is 293 g/mol. The second kappa shape index (κ2) is 5.17. The lowest BCUT2D eigenvalue weighted by Gasteiger charge is -2.39. The summed E-state index contributed by atoms with van der Waals surface area (Å²) in [6, 6.07) is 17.1. The van der Waals surface area contributed by atoms with Crippen LogP contribution in [0.25, 0.3) is 0 Å². The SMILES string of the molecule is CN1C(=O)[C@]2(C[C@@H](F)C[C@@H](c3ccccc3)O2)c2ccccc21. The Morgan fingerprint density at radius 3 is 2.61 bits per heavy atom. The van der Waals surface area contributed by atoms with Gasteiger partial charge in [-0.05, 0) is 11.6 Å². The molecule has 118 valence electrons. The molecule has 2 heterocycles. The Balaban J connectivity index is 1.80. The molecule has 2 aromatic rings. The second-order valence-electron chi connectivity index (χ2n) is 6.26. The predicted molar refractivity (Wildman–Crippen MR) is 85.9 cm³/mol. The molecule has 2 aromatic carbocycles. The van der Waals surface area contributed by atoms with Crippen LogP contribution < -0.4 is 4.90 Å². The minimum absolute atomic E-state index is 0.0799. The Morgan fingerprint density at radius 1 is 1.13 bits per heavy atom.